The third kappa shape index (κ3) is 7.03. The third-order valence-corrected chi connectivity index (χ3v) is 6.91. The first-order valence-corrected chi connectivity index (χ1v) is 14.6. The molecule has 218 valence electrons. The van der Waals surface area contributed by atoms with Gasteiger partial charge in [0, 0.05) is 22.3 Å². The van der Waals surface area contributed by atoms with Gasteiger partial charge in [0.15, 0.2) is 23.3 Å². The Hall–Kier alpha value is -3.20. The van der Waals surface area contributed by atoms with E-state index >= 15 is 0 Å². The SMILES string of the molecule is Clc1nc(Cl)nc(-c2cc(-c3cc(-c4nc(Cl)nc(Cl)n4)cc(-c4nc(Cl)nc(Cl)n4)c3)cc(-c3nc(Cl)nc(Cl)n3)c2)n1. The molecule has 0 aliphatic carbocycles. The molecule has 0 saturated heterocycles. The van der Waals surface area contributed by atoms with Crippen molar-refractivity contribution >= 4 is 92.8 Å². The average Bonchev–Trinajstić information content (AvgIpc) is 2.95. The summed E-state index contributed by atoms with van der Waals surface area (Å²) >= 11 is 48.7. The van der Waals surface area contributed by atoms with Gasteiger partial charge in [0.25, 0.3) is 0 Å². The van der Waals surface area contributed by atoms with E-state index in [1.807, 2.05) is 0 Å². The fraction of sp³-hybridized carbons (Fsp3) is 0. The molecule has 0 spiro atoms. The first-order valence-electron chi connectivity index (χ1n) is 11.6. The number of nitrogens with zero attached hydrogens (tertiary/aromatic N) is 12. The monoisotopic (exact) mass is 742 g/mol. The first-order chi connectivity index (χ1) is 21.0. The summed E-state index contributed by atoms with van der Waals surface area (Å²) in [6.07, 6.45) is 0. The van der Waals surface area contributed by atoms with Gasteiger partial charge >= 0.3 is 0 Å². The molecule has 12 nitrogen and oxygen atoms in total. The molecule has 2 aromatic carbocycles. The third-order valence-electron chi connectivity index (χ3n) is 5.56. The van der Waals surface area contributed by atoms with Gasteiger partial charge < -0.3 is 0 Å². The van der Waals surface area contributed by atoms with E-state index in [-0.39, 0.29) is 65.6 Å². The molecule has 0 radical (unpaired) electrons. The summed E-state index contributed by atoms with van der Waals surface area (Å²) in [6.45, 7) is 0. The van der Waals surface area contributed by atoms with Gasteiger partial charge in [-0.05, 0) is 140 Å². The smallest absolute Gasteiger partial charge is 0.198 e. The van der Waals surface area contributed by atoms with E-state index in [0.29, 0.717) is 33.4 Å². The van der Waals surface area contributed by atoms with Crippen LogP contribution in [0.3, 0.4) is 0 Å². The minimum absolute atomic E-state index is 0.116. The molecular formula is C24H6Cl8N12. The maximum atomic E-state index is 6.09. The molecule has 6 aromatic rings. The van der Waals surface area contributed by atoms with Crippen molar-refractivity contribution < 1.29 is 0 Å². The van der Waals surface area contributed by atoms with E-state index < -0.39 is 0 Å². The second kappa shape index (κ2) is 12.7. The lowest BCUT2D eigenvalue weighted by atomic mass is 9.95. The number of benzene rings is 2. The molecule has 44 heavy (non-hydrogen) atoms. The van der Waals surface area contributed by atoms with Crippen LogP contribution in [0.5, 0.6) is 0 Å². The molecule has 0 unspecified atom stereocenters. The van der Waals surface area contributed by atoms with Gasteiger partial charge in [0.05, 0.1) is 0 Å². The van der Waals surface area contributed by atoms with Crippen molar-refractivity contribution in [2.75, 3.05) is 0 Å². The topological polar surface area (TPSA) is 155 Å². The lowest BCUT2D eigenvalue weighted by Gasteiger charge is -2.13. The van der Waals surface area contributed by atoms with Crippen molar-refractivity contribution in [1.29, 1.82) is 0 Å². The quantitative estimate of drug-likeness (QED) is 0.168. The first kappa shape index (κ1) is 30.8. The van der Waals surface area contributed by atoms with Crippen LogP contribution in [0.2, 0.25) is 42.3 Å². The van der Waals surface area contributed by atoms with Gasteiger partial charge in [-0.2, -0.15) is 59.8 Å². The van der Waals surface area contributed by atoms with Crippen LogP contribution in [0.25, 0.3) is 56.7 Å². The Bertz CT molecular complexity index is 1730. The Balaban J connectivity index is 1.64. The van der Waals surface area contributed by atoms with Gasteiger partial charge in [-0.1, -0.05) is 0 Å². The van der Waals surface area contributed by atoms with Gasteiger partial charge in [0.2, 0.25) is 42.3 Å². The van der Waals surface area contributed by atoms with Crippen molar-refractivity contribution in [3.05, 3.63) is 78.7 Å². The highest BCUT2D eigenvalue weighted by atomic mass is 35.5. The maximum Gasteiger partial charge on any atom is 0.227 e. The Morgan fingerprint density at radius 1 is 0.227 bits per heavy atom. The predicted octanol–water partition coefficient (Wildman–Crippen LogP) is 7.99. The highest BCUT2D eigenvalue weighted by Crippen LogP contribution is 2.36. The standard InChI is InChI=1S/C24H6Cl8N12/c25-17-33-13(34-18(26)41-17)9-1-7(2-10(5-9)14-35-19(27)42-20(28)36-14)8-3-11(15-37-21(29)43-22(30)38-15)6-12(4-8)16-39-23(31)44-24(32)40-16/h1-6H. The zero-order chi connectivity index (χ0) is 31.1. The summed E-state index contributed by atoms with van der Waals surface area (Å²) in [4.78, 5) is 49.0. The van der Waals surface area contributed by atoms with Crippen LogP contribution in [0.1, 0.15) is 0 Å². The highest BCUT2D eigenvalue weighted by molar-refractivity contribution is 6.32. The summed E-state index contributed by atoms with van der Waals surface area (Å²) < 4.78 is 0. The molecule has 0 aliphatic heterocycles. The Kier molecular flexibility index (Phi) is 8.86. The molecule has 20 heteroatoms. The molecule has 0 amide bonds. The normalized spacial score (nSPS) is 11.2. The average molecular weight is 746 g/mol. The van der Waals surface area contributed by atoms with E-state index in [0.717, 1.165) is 0 Å². The van der Waals surface area contributed by atoms with Crippen LogP contribution < -0.4 is 0 Å². The summed E-state index contributed by atoms with van der Waals surface area (Å²) in [6, 6.07) is 10.4. The maximum absolute atomic E-state index is 6.09. The van der Waals surface area contributed by atoms with Crippen LogP contribution in [-0.4, -0.2) is 59.8 Å². The van der Waals surface area contributed by atoms with Crippen LogP contribution in [0.15, 0.2) is 36.4 Å². The fourth-order valence-electron chi connectivity index (χ4n) is 3.92. The van der Waals surface area contributed by atoms with Crippen molar-refractivity contribution in [2.24, 2.45) is 0 Å². The molecule has 0 fully saturated rings. The number of halogens is 8. The zero-order valence-corrected chi connectivity index (χ0v) is 26.9. The van der Waals surface area contributed by atoms with E-state index in [1.54, 1.807) is 36.4 Å². The van der Waals surface area contributed by atoms with Crippen molar-refractivity contribution in [1.82, 2.24) is 59.8 Å². The second-order valence-corrected chi connectivity index (χ2v) is 11.1. The van der Waals surface area contributed by atoms with E-state index in [2.05, 4.69) is 59.8 Å². The summed E-state index contributed by atoms with van der Waals surface area (Å²) in [5.41, 5.74) is 3.00. The Morgan fingerprint density at radius 3 is 0.568 bits per heavy atom. The molecule has 6 rings (SSSR count). The minimum atomic E-state index is -0.116. The summed E-state index contributed by atoms with van der Waals surface area (Å²) in [5, 5.41) is -0.928. The second-order valence-electron chi connectivity index (χ2n) is 8.39. The molecule has 0 atom stereocenters. The number of hydrogen-bond acceptors (Lipinski definition) is 12. The van der Waals surface area contributed by atoms with Gasteiger partial charge in [-0.25, -0.2) is 0 Å². The summed E-state index contributed by atoms with van der Waals surface area (Å²) in [5.74, 6) is 0.640. The van der Waals surface area contributed by atoms with Crippen molar-refractivity contribution in [2.45, 2.75) is 0 Å². The van der Waals surface area contributed by atoms with E-state index in [1.165, 1.54) is 0 Å². The molecule has 4 aromatic heterocycles. The molecule has 0 bridgehead atoms. The molecule has 4 heterocycles. The van der Waals surface area contributed by atoms with Crippen LogP contribution >= 0.6 is 92.8 Å². The van der Waals surface area contributed by atoms with Gasteiger partial charge in [-0.15, -0.1) is 0 Å². The van der Waals surface area contributed by atoms with E-state index in [9.17, 15) is 0 Å². The van der Waals surface area contributed by atoms with Crippen LogP contribution in [0, 0.1) is 0 Å². The number of hydrogen-bond donors (Lipinski definition) is 0. The van der Waals surface area contributed by atoms with E-state index in [4.69, 9.17) is 92.8 Å². The summed E-state index contributed by atoms with van der Waals surface area (Å²) in [7, 11) is 0. The van der Waals surface area contributed by atoms with Crippen molar-refractivity contribution in [3.63, 3.8) is 0 Å². The lowest BCUT2D eigenvalue weighted by Crippen LogP contribution is -1.99. The van der Waals surface area contributed by atoms with Crippen LogP contribution in [-0.2, 0) is 0 Å². The highest BCUT2D eigenvalue weighted by Gasteiger charge is 2.18. The number of aromatic nitrogens is 12. The molecule has 0 saturated carbocycles. The lowest BCUT2D eigenvalue weighted by molar-refractivity contribution is 1.05. The largest absolute Gasteiger partial charge is 0.227 e. The zero-order valence-electron chi connectivity index (χ0n) is 20.9. The number of rotatable bonds is 5. The Labute approximate surface area is 286 Å². The molecule has 0 aliphatic rings. The van der Waals surface area contributed by atoms with Gasteiger partial charge in [0.1, 0.15) is 0 Å². The molecule has 0 N–H and O–H groups in total. The van der Waals surface area contributed by atoms with Crippen LogP contribution in [0.4, 0.5) is 0 Å². The minimum Gasteiger partial charge on any atom is -0.198 e. The fourth-order valence-corrected chi connectivity index (χ4v) is 5.38. The molecular weight excluding hydrogens is 740 g/mol. The Morgan fingerprint density at radius 2 is 0.386 bits per heavy atom. The van der Waals surface area contributed by atoms with Crippen molar-refractivity contribution in [3.8, 4) is 56.7 Å². The van der Waals surface area contributed by atoms with Gasteiger partial charge in [-0.3, -0.25) is 0 Å². The predicted molar refractivity (Wildman–Crippen MR) is 167 cm³/mol.